The van der Waals surface area contributed by atoms with Gasteiger partial charge in [0, 0.05) is 6.54 Å². The summed E-state index contributed by atoms with van der Waals surface area (Å²) in [7, 11) is 0. The monoisotopic (exact) mass is 417 g/mol. The van der Waals surface area contributed by atoms with Crippen LogP contribution in [0.1, 0.15) is 11.6 Å². The fourth-order valence-corrected chi connectivity index (χ4v) is 3.70. The molecule has 0 bridgehead atoms. The summed E-state index contributed by atoms with van der Waals surface area (Å²) in [5, 5.41) is 3.04. The van der Waals surface area contributed by atoms with Crippen LogP contribution in [0.4, 0.5) is 4.39 Å². The molecule has 2 atom stereocenters. The Bertz CT molecular complexity index is 1220. The van der Waals surface area contributed by atoms with Crippen LogP contribution in [-0.2, 0) is 11.3 Å². The summed E-state index contributed by atoms with van der Waals surface area (Å²) < 4.78 is 27.0. The molecule has 6 nitrogen and oxygen atoms in total. The van der Waals surface area contributed by atoms with Crippen molar-refractivity contribution >= 4 is 16.9 Å². The predicted octanol–water partition coefficient (Wildman–Crippen LogP) is 3.87. The molecule has 0 aliphatic carbocycles. The predicted molar refractivity (Wildman–Crippen MR) is 113 cm³/mol. The van der Waals surface area contributed by atoms with Gasteiger partial charge in [-0.1, -0.05) is 36.4 Å². The van der Waals surface area contributed by atoms with E-state index in [1.54, 1.807) is 30.6 Å². The number of amides is 1. The molecule has 4 aromatic rings. The Morgan fingerprint density at radius 3 is 2.65 bits per heavy atom. The highest BCUT2D eigenvalue weighted by atomic mass is 19.1. The molecule has 2 unspecified atom stereocenters. The molecular weight excluding hydrogens is 397 g/mol. The maximum Gasteiger partial charge on any atom is 0.265 e. The minimum absolute atomic E-state index is 0.118. The first kappa shape index (κ1) is 19.1. The van der Waals surface area contributed by atoms with Crippen LogP contribution in [-0.4, -0.2) is 28.2 Å². The standard InChI is InChI=1S/C24H20FN3O3/c25-17-11-9-16(10-12-17)19(13-28-15-26-18-5-1-2-6-20(18)28)27-24(29)23-14-30-21-7-3-4-8-22(21)31-23/h1-12,15,19,23H,13-14H2,(H,27,29). The van der Waals surface area contributed by atoms with Crippen LogP contribution in [0, 0.1) is 5.82 Å². The first-order chi connectivity index (χ1) is 15.2. The molecule has 1 N–H and O–H groups in total. The van der Waals surface area contributed by atoms with Gasteiger partial charge in [-0.3, -0.25) is 4.79 Å². The number of nitrogens with one attached hydrogen (secondary N) is 1. The number of nitrogens with zero attached hydrogens (tertiary/aromatic N) is 2. The third kappa shape index (κ3) is 3.94. The second-order valence-corrected chi connectivity index (χ2v) is 7.36. The number of benzene rings is 3. The fraction of sp³-hybridized carbons (Fsp3) is 0.167. The molecule has 2 heterocycles. The van der Waals surface area contributed by atoms with Crippen molar-refractivity contribution < 1.29 is 18.7 Å². The van der Waals surface area contributed by atoms with Crippen molar-refractivity contribution in [2.75, 3.05) is 6.61 Å². The highest BCUT2D eigenvalue weighted by Gasteiger charge is 2.29. The molecule has 0 spiro atoms. The second-order valence-electron chi connectivity index (χ2n) is 7.36. The molecule has 0 fully saturated rings. The summed E-state index contributed by atoms with van der Waals surface area (Å²) in [6.07, 6.45) is 0.960. The van der Waals surface area contributed by atoms with Crippen LogP contribution in [0.15, 0.2) is 79.1 Å². The van der Waals surface area contributed by atoms with Crippen molar-refractivity contribution in [2.45, 2.75) is 18.7 Å². The van der Waals surface area contributed by atoms with Crippen LogP contribution in [0.2, 0.25) is 0 Å². The molecule has 7 heteroatoms. The van der Waals surface area contributed by atoms with Crippen molar-refractivity contribution in [3.63, 3.8) is 0 Å². The first-order valence-corrected chi connectivity index (χ1v) is 10.0. The summed E-state index contributed by atoms with van der Waals surface area (Å²) in [6, 6.07) is 20.7. The molecule has 0 saturated carbocycles. The van der Waals surface area contributed by atoms with Gasteiger partial charge in [0.05, 0.1) is 23.4 Å². The van der Waals surface area contributed by atoms with Crippen LogP contribution < -0.4 is 14.8 Å². The molecule has 1 amide bonds. The van der Waals surface area contributed by atoms with Crippen molar-refractivity contribution in [3.05, 3.63) is 90.5 Å². The normalized spacial score (nSPS) is 16.1. The minimum atomic E-state index is -0.780. The molecule has 0 saturated heterocycles. The van der Waals surface area contributed by atoms with Gasteiger partial charge in [-0.25, -0.2) is 9.37 Å². The third-order valence-corrected chi connectivity index (χ3v) is 5.30. The lowest BCUT2D eigenvalue weighted by Gasteiger charge is -2.28. The molecule has 1 aliphatic heterocycles. The Balaban J connectivity index is 1.39. The number of rotatable bonds is 5. The lowest BCUT2D eigenvalue weighted by atomic mass is 10.1. The second kappa shape index (κ2) is 8.10. The molecule has 31 heavy (non-hydrogen) atoms. The largest absolute Gasteiger partial charge is 0.485 e. The minimum Gasteiger partial charge on any atom is -0.485 e. The molecule has 1 aliphatic rings. The van der Waals surface area contributed by atoms with E-state index in [0.29, 0.717) is 18.0 Å². The van der Waals surface area contributed by atoms with Crippen LogP contribution in [0.25, 0.3) is 11.0 Å². The highest BCUT2D eigenvalue weighted by Crippen LogP contribution is 2.31. The van der Waals surface area contributed by atoms with Crippen LogP contribution >= 0.6 is 0 Å². The Morgan fingerprint density at radius 1 is 1.06 bits per heavy atom. The number of ether oxygens (including phenoxy) is 2. The summed E-state index contributed by atoms with van der Waals surface area (Å²) in [6.45, 7) is 0.551. The summed E-state index contributed by atoms with van der Waals surface area (Å²) >= 11 is 0. The fourth-order valence-electron chi connectivity index (χ4n) is 3.70. The average Bonchev–Trinajstić information content (AvgIpc) is 3.21. The topological polar surface area (TPSA) is 65.4 Å². The van der Waals surface area contributed by atoms with Gasteiger partial charge in [0.1, 0.15) is 12.4 Å². The molecule has 156 valence electrons. The highest BCUT2D eigenvalue weighted by molar-refractivity contribution is 5.82. The zero-order valence-electron chi connectivity index (χ0n) is 16.6. The molecule has 5 rings (SSSR count). The molecule has 3 aromatic carbocycles. The third-order valence-electron chi connectivity index (χ3n) is 5.30. The van der Waals surface area contributed by atoms with Gasteiger partial charge in [0.2, 0.25) is 6.10 Å². The van der Waals surface area contributed by atoms with E-state index >= 15 is 0 Å². The quantitative estimate of drug-likeness (QED) is 0.535. The van der Waals surface area contributed by atoms with Gasteiger partial charge in [-0.05, 0) is 42.0 Å². The number of imidazole rings is 1. The lowest BCUT2D eigenvalue weighted by molar-refractivity contribution is -0.131. The maximum atomic E-state index is 13.5. The van der Waals surface area contributed by atoms with Gasteiger partial charge >= 0.3 is 0 Å². The average molecular weight is 417 g/mol. The van der Waals surface area contributed by atoms with Crippen LogP contribution in [0.3, 0.4) is 0 Å². The van der Waals surface area contributed by atoms with E-state index in [0.717, 1.165) is 16.6 Å². The zero-order valence-corrected chi connectivity index (χ0v) is 16.6. The van der Waals surface area contributed by atoms with E-state index in [1.165, 1.54) is 12.1 Å². The lowest BCUT2D eigenvalue weighted by Crippen LogP contribution is -2.45. The van der Waals surface area contributed by atoms with E-state index in [4.69, 9.17) is 9.47 Å². The number of carbonyl (C=O) groups excluding carboxylic acids is 1. The molecular formula is C24H20FN3O3. The van der Waals surface area contributed by atoms with Gasteiger partial charge in [0.25, 0.3) is 5.91 Å². The molecule has 0 radical (unpaired) electrons. The number of hydrogen-bond acceptors (Lipinski definition) is 4. The zero-order chi connectivity index (χ0) is 21.2. The Kier molecular flexibility index (Phi) is 5.00. The summed E-state index contributed by atoms with van der Waals surface area (Å²) in [5.74, 6) is 0.523. The van der Waals surface area contributed by atoms with Crippen molar-refractivity contribution in [1.82, 2.24) is 14.9 Å². The smallest absolute Gasteiger partial charge is 0.265 e. The number of hydrogen-bond donors (Lipinski definition) is 1. The van der Waals surface area contributed by atoms with Crippen molar-refractivity contribution in [1.29, 1.82) is 0 Å². The van der Waals surface area contributed by atoms with Gasteiger partial charge in [-0.2, -0.15) is 0 Å². The molecule has 1 aromatic heterocycles. The maximum absolute atomic E-state index is 13.5. The van der Waals surface area contributed by atoms with E-state index in [9.17, 15) is 9.18 Å². The number of fused-ring (bicyclic) bond motifs is 2. The Hall–Kier alpha value is -3.87. The van der Waals surface area contributed by atoms with Gasteiger partial charge < -0.3 is 19.4 Å². The van der Waals surface area contributed by atoms with E-state index in [1.807, 2.05) is 41.0 Å². The number of halogens is 1. The summed E-state index contributed by atoms with van der Waals surface area (Å²) in [4.78, 5) is 17.5. The van der Waals surface area contributed by atoms with Gasteiger partial charge in [-0.15, -0.1) is 0 Å². The van der Waals surface area contributed by atoms with Crippen molar-refractivity contribution in [3.8, 4) is 11.5 Å². The Labute approximate surface area is 178 Å². The Morgan fingerprint density at radius 2 is 1.81 bits per heavy atom. The number of para-hydroxylation sites is 4. The number of aromatic nitrogens is 2. The SMILES string of the molecule is O=C(NC(Cn1cnc2ccccc21)c1ccc(F)cc1)C1COc2ccccc2O1. The van der Waals surface area contributed by atoms with E-state index < -0.39 is 12.1 Å². The van der Waals surface area contributed by atoms with E-state index in [-0.39, 0.29) is 18.3 Å². The van der Waals surface area contributed by atoms with Crippen LogP contribution in [0.5, 0.6) is 11.5 Å². The summed E-state index contributed by atoms with van der Waals surface area (Å²) in [5.41, 5.74) is 2.60. The van der Waals surface area contributed by atoms with Gasteiger partial charge in [0.15, 0.2) is 11.5 Å². The van der Waals surface area contributed by atoms with E-state index in [2.05, 4.69) is 10.3 Å². The number of carbonyl (C=O) groups is 1. The first-order valence-electron chi connectivity index (χ1n) is 10.0. The van der Waals surface area contributed by atoms with Crippen molar-refractivity contribution in [2.24, 2.45) is 0 Å².